The molecule has 2 aromatic carbocycles. The summed E-state index contributed by atoms with van der Waals surface area (Å²) in [4.78, 5) is 24.1. The molecule has 1 N–H and O–H groups in total. The van der Waals surface area contributed by atoms with Gasteiger partial charge in [-0.3, -0.25) is 4.79 Å². The van der Waals surface area contributed by atoms with Gasteiger partial charge >= 0.3 is 12.6 Å². The Hall–Kier alpha value is -2.92. The molecule has 0 spiro atoms. The van der Waals surface area contributed by atoms with E-state index < -0.39 is 34.9 Å². The quantitative estimate of drug-likeness (QED) is 0.599. The Balaban J connectivity index is 2.04. The zero-order valence-electron chi connectivity index (χ0n) is 15.6. The average molecular weight is 464 g/mol. The van der Waals surface area contributed by atoms with Crippen molar-refractivity contribution in [2.24, 2.45) is 0 Å². The maximum absolute atomic E-state index is 12.3. The van der Waals surface area contributed by atoms with E-state index in [9.17, 15) is 26.8 Å². The number of carbonyl (C=O) groups is 2. The molecule has 0 aliphatic heterocycles. The normalized spacial score (nSPS) is 11.1. The molecule has 0 bridgehead atoms. The lowest BCUT2D eigenvalue weighted by molar-refractivity contribution is -0.119. The lowest BCUT2D eigenvalue weighted by Gasteiger charge is -2.12. The third-order valence-electron chi connectivity index (χ3n) is 3.59. The summed E-state index contributed by atoms with van der Waals surface area (Å²) in [6.45, 7) is -3.79. The second kappa shape index (κ2) is 9.72. The highest BCUT2D eigenvalue weighted by Crippen LogP contribution is 2.30. The number of alkyl halides is 2. The summed E-state index contributed by atoms with van der Waals surface area (Å²) in [5.74, 6) is -2.11. The number of halogens is 3. The number of hydrogen-bond acceptors (Lipinski definition) is 7. The lowest BCUT2D eigenvalue weighted by Crippen LogP contribution is -2.21. The van der Waals surface area contributed by atoms with Gasteiger partial charge in [-0.1, -0.05) is 11.6 Å². The van der Waals surface area contributed by atoms with Crippen LogP contribution in [0.4, 0.5) is 14.5 Å². The average Bonchev–Trinajstić information content (AvgIpc) is 2.66. The van der Waals surface area contributed by atoms with Crippen molar-refractivity contribution in [1.82, 2.24) is 0 Å². The molecule has 0 saturated heterocycles. The number of methoxy groups -OCH3 is 1. The first-order valence-electron chi connectivity index (χ1n) is 8.10. The second-order valence-corrected chi connectivity index (χ2v) is 8.21. The van der Waals surface area contributed by atoms with Gasteiger partial charge in [-0.15, -0.1) is 0 Å². The summed E-state index contributed by atoms with van der Waals surface area (Å²) >= 11 is 5.94. The molecule has 12 heteroatoms. The van der Waals surface area contributed by atoms with Crippen LogP contribution in [0.3, 0.4) is 0 Å². The van der Waals surface area contributed by atoms with Crippen molar-refractivity contribution in [3.63, 3.8) is 0 Å². The number of benzene rings is 2. The van der Waals surface area contributed by atoms with Crippen LogP contribution in [0, 0.1) is 0 Å². The fourth-order valence-corrected chi connectivity index (χ4v) is 3.03. The Kier molecular flexibility index (Phi) is 7.57. The Bertz CT molecular complexity index is 1060. The first kappa shape index (κ1) is 23.4. The van der Waals surface area contributed by atoms with Gasteiger partial charge in [0, 0.05) is 6.26 Å². The monoisotopic (exact) mass is 463 g/mol. The SMILES string of the molecule is COc1cc(C(=O)OCC(=O)Nc2cc(S(C)(=O)=O)ccc2Cl)ccc1OC(F)F. The molecule has 0 atom stereocenters. The smallest absolute Gasteiger partial charge is 0.387 e. The van der Waals surface area contributed by atoms with Gasteiger partial charge in [-0.25, -0.2) is 13.2 Å². The van der Waals surface area contributed by atoms with Crippen LogP contribution >= 0.6 is 11.6 Å². The zero-order chi connectivity index (χ0) is 22.5. The van der Waals surface area contributed by atoms with Gasteiger partial charge in [0.15, 0.2) is 27.9 Å². The molecule has 8 nitrogen and oxygen atoms in total. The molecule has 0 fully saturated rings. The Morgan fingerprint density at radius 2 is 1.83 bits per heavy atom. The summed E-state index contributed by atoms with van der Waals surface area (Å²) in [5, 5.41) is 2.43. The number of sulfone groups is 1. The predicted molar refractivity (Wildman–Crippen MR) is 103 cm³/mol. The number of anilines is 1. The van der Waals surface area contributed by atoms with Crippen LogP contribution in [-0.4, -0.2) is 46.9 Å². The lowest BCUT2D eigenvalue weighted by atomic mass is 10.2. The molecule has 0 aliphatic rings. The van der Waals surface area contributed by atoms with Gasteiger partial charge in [-0.2, -0.15) is 8.78 Å². The van der Waals surface area contributed by atoms with E-state index in [2.05, 4.69) is 10.1 Å². The van der Waals surface area contributed by atoms with Gasteiger partial charge in [0.25, 0.3) is 5.91 Å². The highest BCUT2D eigenvalue weighted by Gasteiger charge is 2.17. The molecule has 1 amide bonds. The molecule has 0 aromatic heterocycles. The standard InChI is InChI=1S/C18H16ClF2NO7S/c1-27-15-7-10(3-6-14(15)29-18(20)21)17(24)28-9-16(23)22-13-8-11(30(2,25)26)4-5-12(13)19/h3-8,18H,9H2,1-2H3,(H,22,23). The van der Waals surface area contributed by atoms with Crippen molar-refractivity contribution in [3.05, 3.63) is 47.0 Å². The highest BCUT2D eigenvalue weighted by atomic mass is 35.5. The number of amides is 1. The number of nitrogens with one attached hydrogen (secondary N) is 1. The Labute approximate surface area is 175 Å². The van der Waals surface area contributed by atoms with Crippen LogP contribution in [0.1, 0.15) is 10.4 Å². The largest absolute Gasteiger partial charge is 0.493 e. The molecule has 0 heterocycles. The van der Waals surface area contributed by atoms with Gasteiger partial charge in [0.05, 0.1) is 28.3 Å². The fourth-order valence-electron chi connectivity index (χ4n) is 2.22. The van der Waals surface area contributed by atoms with E-state index in [1.807, 2.05) is 0 Å². The third-order valence-corrected chi connectivity index (χ3v) is 5.03. The van der Waals surface area contributed by atoms with Crippen LogP contribution in [0.25, 0.3) is 0 Å². The Morgan fingerprint density at radius 3 is 2.43 bits per heavy atom. The summed E-state index contributed by atoms with van der Waals surface area (Å²) in [6.07, 6.45) is 0.996. The molecule has 0 saturated carbocycles. The molecular formula is C18H16ClF2NO7S. The number of hydrogen-bond donors (Lipinski definition) is 1. The number of esters is 1. The minimum Gasteiger partial charge on any atom is -0.493 e. The number of carbonyl (C=O) groups excluding carboxylic acids is 2. The second-order valence-electron chi connectivity index (χ2n) is 5.78. The minimum atomic E-state index is -3.52. The van der Waals surface area contributed by atoms with Gasteiger partial charge < -0.3 is 19.5 Å². The summed E-state index contributed by atoms with van der Waals surface area (Å²) in [5.41, 5.74) is -0.0471. The van der Waals surface area contributed by atoms with E-state index in [-0.39, 0.29) is 32.7 Å². The first-order valence-corrected chi connectivity index (χ1v) is 10.4. The van der Waals surface area contributed by atoms with E-state index in [4.69, 9.17) is 21.1 Å². The molecule has 2 aromatic rings. The van der Waals surface area contributed by atoms with E-state index in [0.717, 1.165) is 24.5 Å². The zero-order valence-corrected chi connectivity index (χ0v) is 17.2. The third kappa shape index (κ3) is 6.29. The summed E-state index contributed by atoms with van der Waals surface area (Å²) < 4.78 is 61.9. The van der Waals surface area contributed by atoms with Crippen molar-refractivity contribution in [2.75, 3.05) is 25.3 Å². The van der Waals surface area contributed by atoms with Crippen molar-refractivity contribution in [2.45, 2.75) is 11.5 Å². The first-order chi connectivity index (χ1) is 14.0. The van der Waals surface area contributed by atoms with Crippen LogP contribution in [-0.2, 0) is 19.4 Å². The number of ether oxygens (including phenoxy) is 3. The maximum Gasteiger partial charge on any atom is 0.387 e. The van der Waals surface area contributed by atoms with Crippen molar-refractivity contribution in [3.8, 4) is 11.5 Å². The van der Waals surface area contributed by atoms with E-state index in [1.54, 1.807) is 0 Å². The molecule has 0 unspecified atom stereocenters. The fraction of sp³-hybridized carbons (Fsp3) is 0.222. The molecule has 30 heavy (non-hydrogen) atoms. The van der Waals surface area contributed by atoms with Crippen molar-refractivity contribution < 1.29 is 41.0 Å². The van der Waals surface area contributed by atoms with Crippen molar-refractivity contribution >= 4 is 39.0 Å². The minimum absolute atomic E-state index is 0.0239. The molecule has 2 rings (SSSR count). The van der Waals surface area contributed by atoms with Crippen LogP contribution in [0.15, 0.2) is 41.3 Å². The van der Waals surface area contributed by atoms with Crippen LogP contribution < -0.4 is 14.8 Å². The molecule has 0 aliphatic carbocycles. The predicted octanol–water partition coefficient (Wildman–Crippen LogP) is 3.15. The molecule has 0 radical (unpaired) electrons. The van der Waals surface area contributed by atoms with Gasteiger partial charge in [-0.05, 0) is 36.4 Å². The van der Waals surface area contributed by atoms with Crippen LogP contribution in [0.5, 0.6) is 11.5 Å². The van der Waals surface area contributed by atoms with E-state index in [0.29, 0.717) is 0 Å². The molecular weight excluding hydrogens is 448 g/mol. The summed E-state index contributed by atoms with van der Waals surface area (Å²) in [6, 6.07) is 7.12. The van der Waals surface area contributed by atoms with E-state index >= 15 is 0 Å². The Morgan fingerprint density at radius 1 is 1.13 bits per heavy atom. The van der Waals surface area contributed by atoms with E-state index in [1.165, 1.54) is 25.3 Å². The molecule has 162 valence electrons. The number of rotatable bonds is 8. The van der Waals surface area contributed by atoms with Crippen LogP contribution in [0.2, 0.25) is 5.02 Å². The maximum atomic E-state index is 12.3. The topological polar surface area (TPSA) is 108 Å². The van der Waals surface area contributed by atoms with Crippen molar-refractivity contribution in [1.29, 1.82) is 0 Å². The highest BCUT2D eigenvalue weighted by molar-refractivity contribution is 7.90. The summed E-state index contributed by atoms with van der Waals surface area (Å²) in [7, 11) is -2.32. The van der Waals surface area contributed by atoms with Gasteiger partial charge in [0.1, 0.15) is 0 Å². The van der Waals surface area contributed by atoms with Gasteiger partial charge in [0.2, 0.25) is 0 Å².